The first kappa shape index (κ1) is 20.2. The maximum absolute atomic E-state index is 15.0. The molecule has 1 saturated heterocycles. The molecule has 2 atom stereocenters. The third-order valence-corrected chi connectivity index (χ3v) is 7.13. The Kier molecular flexibility index (Phi) is 4.31. The van der Waals surface area contributed by atoms with Crippen LogP contribution in [-0.2, 0) is 10.6 Å². The van der Waals surface area contributed by atoms with Crippen LogP contribution in [0.1, 0.15) is 31.1 Å². The highest BCUT2D eigenvalue weighted by atomic mass is 32.2. The van der Waals surface area contributed by atoms with Crippen LogP contribution < -0.4 is 15.6 Å². The highest BCUT2D eigenvalue weighted by molar-refractivity contribution is 7.99. The number of aromatic carboxylic acids is 1. The Morgan fingerprint density at radius 3 is 2.48 bits per heavy atom. The Morgan fingerprint density at radius 1 is 1.26 bits per heavy atom. The number of pyridine rings is 1. The fourth-order valence-electron chi connectivity index (χ4n) is 4.58. The standard InChI is InChI=1S/C21H22FN3O5S/c1-21(2,3)30-20(29)23-16-10-6-24(7-11(10)16)14-4-9-13(5-12(14)22)25-8-31-18(25)15(17(9)26)19(27)28/h4-5,10-11,16H,6-8H2,1-3H3,(H,23,29)(H,27,28). The summed E-state index contributed by atoms with van der Waals surface area (Å²) in [6.07, 6.45) is -0.458. The molecule has 10 heteroatoms. The van der Waals surface area contributed by atoms with Crippen molar-refractivity contribution < 1.29 is 23.8 Å². The second kappa shape index (κ2) is 6.62. The summed E-state index contributed by atoms with van der Waals surface area (Å²) in [4.78, 5) is 38.2. The number of nitrogens with one attached hydrogen (secondary N) is 1. The minimum Gasteiger partial charge on any atom is -0.477 e. The summed E-state index contributed by atoms with van der Waals surface area (Å²) in [5.41, 5.74) is -0.712. The van der Waals surface area contributed by atoms with Crippen molar-refractivity contribution in [3.8, 4) is 0 Å². The minimum absolute atomic E-state index is 0.00404. The number of anilines is 1. The lowest BCUT2D eigenvalue weighted by Crippen LogP contribution is -2.38. The van der Waals surface area contributed by atoms with E-state index < -0.39 is 28.9 Å². The monoisotopic (exact) mass is 447 g/mol. The Hall–Kier alpha value is -2.75. The smallest absolute Gasteiger partial charge is 0.407 e. The molecule has 1 aromatic carbocycles. The maximum Gasteiger partial charge on any atom is 0.407 e. The molecule has 2 fully saturated rings. The summed E-state index contributed by atoms with van der Waals surface area (Å²) >= 11 is 1.27. The molecular formula is C21H22FN3O5S. The lowest BCUT2D eigenvalue weighted by atomic mass is 10.1. The zero-order chi connectivity index (χ0) is 22.2. The molecule has 0 radical (unpaired) electrons. The number of thioether (sulfide) groups is 1. The van der Waals surface area contributed by atoms with Gasteiger partial charge in [0.25, 0.3) is 0 Å². The van der Waals surface area contributed by atoms with E-state index in [1.165, 1.54) is 23.9 Å². The van der Waals surface area contributed by atoms with Gasteiger partial charge in [0.1, 0.15) is 17.0 Å². The molecule has 1 aliphatic carbocycles. The Labute approximate surface area is 181 Å². The molecule has 3 aliphatic rings. The first-order chi connectivity index (χ1) is 14.5. The summed E-state index contributed by atoms with van der Waals surface area (Å²) in [5.74, 6) is -0.860. The number of rotatable bonds is 3. The molecule has 2 aromatic rings. The van der Waals surface area contributed by atoms with Crippen molar-refractivity contribution in [1.29, 1.82) is 0 Å². The highest BCUT2D eigenvalue weighted by Gasteiger charge is 2.57. The first-order valence-corrected chi connectivity index (χ1v) is 11.0. The van der Waals surface area contributed by atoms with Gasteiger partial charge in [0.2, 0.25) is 5.43 Å². The number of carboxylic acid groups (broad SMARTS) is 1. The number of benzene rings is 1. The summed E-state index contributed by atoms with van der Waals surface area (Å²) in [6, 6.07) is 2.79. The van der Waals surface area contributed by atoms with Crippen molar-refractivity contribution in [3.05, 3.63) is 33.7 Å². The van der Waals surface area contributed by atoms with Gasteiger partial charge in [-0.3, -0.25) is 4.79 Å². The van der Waals surface area contributed by atoms with Crippen LogP contribution in [0.5, 0.6) is 0 Å². The molecule has 2 N–H and O–H groups in total. The van der Waals surface area contributed by atoms with Gasteiger partial charge in [-0.2, -0.15) is 0 Å². The average Bonchev–Trinajstić information content (AvgIpc) is 3.06. The number of carbonyl (C=O) groups excluding carboxylic acids is 1. The van der Waals surface area contributed by atoms with Crippen LogP contribution in [0, 0.1) is 17.7 Å². The minimum atomic E-state index is -1.27. The maximum atomic E-state index is 15.0. The summed E-state index contributed by atoms with van der Waals surface area (Å²) in [5, 5.41) is 12.9. The van der Waals surface area contributed by atoms with E-state index in [0.717, 1.165) is 0 Å². The van der Waals surface area contributed by atoms with Crippen molar-refractivity contribution in [2.75, 3.05) is 18.0 Å². The molecule has 31 heavy (non-hydrogen) atoms. The van der Waals surface area contributed by atoms with Gasteiger partial charge >= 0.3 is 12.1 Å². The van der Waals surface area contributed by atoms with Gasteiger partial charge in [-0.15, -0.1) is 0 Å². The average molecular weight is 447 g/mol. The molecule has 2 aliphatic heterocycles. The van der Waals surface area contributed by atoms with Gasteiger partial charge in [0.05, 0.1) is 22.1 Å². The SMILES string of the molecule is CC(C)(C)OC(=O)NC1C2CN(c3cc4c(=O)c(C(=O)O)c5n(c4cc3F)CS5)CC21. The molecule has 2 unspecified atom stereocenters. The molecule has 8 nitrogen and oxygen atoms in total. The topological polar surface area (TPSA) is 101 Å². The number of hydrogen-bond donors (Lipinski definition) is 2. The van der Waals surface area contributed by atoms with E-state index in [4.69, 9.17) is 4.74 Å². The molecule has 1 aromatic heterocycles. The molecule has 3 heterocycles. The highest BCUT2D eigenvalue weighted by Crippen LogP contribution is 2.48. The fourth-order valence-corrected chi connectivity index (χ4v) is 5.53. The number of nitrogens with zero attached hydrogens (tertiary/aromatic N) is 2. The third kappa shape index (κ3) is 3.24. The Morgan fingerprint density at radius 2 is 1.94 bits per heavy atom. The van der Waals surface area contributed by atoms with Crippen LogP contribution in [0.15, 0.2) is 22.0 Å². The van der Waals surface area contributed by atoms with E-state index >= 15 is 0 Å². The Balaban J connectivity index is 1.38. The van der Waals surface area contributed by atoms with Crippen molar-refractivity contribution in [2.24, 2.45) is 11.8 Å². The van der Waals surface area contributed by atoms with E-state index in [1.807, 2.05) is 4.90 Å². The number of aromatic nitrogens is 1. The normalized spacial score (nSPS) is 23.7. The van der Waals surface area contributed by atoms with E-state index in [0.29, 0.717) is 29.5 Å². The van der Waals surface area contributed by atoms with Gasteiger partial charge in [-0.1, -0.05) is 11.8 Å². The second-order valence-electron chi connectivity index (χ2n) is 9.24. The van der Waals surface area contributed by atoms with Gasteiger partial charge in [0.15, 0.2) is 0 Å². The molecule has 0 bridgehead atoms. The number of alkyl carbamates (subject to hydrolysis) is 1. The lowest BCUT2D eigenvalue weighted by Gasteiger charge is -2.27. The molecule has 1 amide bonds. The number of fused-ring (bicyclic) bond motifs is 4. The predicted octanol–water partition coefficient (Wildman–Crippen LogP) is 2.86. The molecule has 164 valence electrons. The van der Waals surface area contributed by atoms with Gasteiger partial charge < -0.3 is 24.6 Å². The predicted molar refractivity (Wildman–Crippen MR) is 113 cm³/mol. The van der Waals surface area contributed by atoms with Gasteiger partial charge in [-0.25, -0.2) is 14.0 Å². The van der Waals surface area contributed by atoms with Crippen LogP contribution in [0.25, 0.3) is 10.9 Å². The molecule has 5 rings (SSSR count). The second-order valence-corrected chi connectivity index (χ2v) is 10.2. The number of carbonyl (C=O) groups is 2. The van der Waals surface area contributed by atoms with Crippen molar-refractivity contribution >= 4 is 40.4 Å². The third-order valence-electron chi connectivity index (χ3n) is 6.05. The summed E-state index contributed by atoms with van der Waals surface area (Å²) in [7, 11) is 0. The van der Waals surface area contributed by atoms with Crippen LogP contribution >= 0.6 is 11.8 Å². The number of halogens is 1. The van der Waals surface area contributed by atoms with E-state index in [9.17, 15) is 23.9 Å². The number of hydrogen-bond acceptors (Lipinski definition) is 6. The Bertz CT molecular complexity index is 1190. The van der Waals surface area contributed by atoms with E-state index in [1.54, 1.807) is 25.3 Å². The molecule has 1 saturated carbocycles. The van der Waals surface area contributed by atoms with Crippen LogP contribution in [-0.4, -0.2) is 46.5 Å². The van der Waals surface area contributed by atoms with E-state index in [-0.39, 0.29) is 34.5 Å². The van der Waals surface area contributed by atoms with E-state index in [2.05, 4.69) is 5.32 Å². The number of piperidine rings is 1. The number of amides is 1. The molecular weight excluding hydrogens is 425 g/mol. The quantitative estimate of drug-likeness (QED) is 0.746. The van der Waals surface area contributed by atoms with Crippen LogP contribution in [0.2, 0.25) is 0 Å². The largest absolute Gasteiger partial charge is 0.477 e. The zero-order valence-corrected chi connectivity index (χ0v) is 18.1. The van der Waals surface area contributed by atoms with Crippen LogP contribution in [0.4, 0.5) is 14.9 Å². The first-order valence-electron chi connectivity index (χ1n) is 10.1. The number of carboxylic acids is 1. The summed E-state index contributed by atoms with van der Waals surface area (Å²) < 4.78 is 21.9. The van der Waals surface area contributed by atoms with Gasteiger partial charge in [0, 0.05) is 42.4 Å². The molecule has 0 spiro atoms. The van der Waals surface area contributed by atoms with Gasteiger partial charge in [-0.05, 0) is 26.8 Å². The fraction of sp³-hybridized carbons (Fsp3) is 0.476. The lowest BCUT2D eigenvalue weighted by molar-refractivity contribution is 0.0517. The van der Waals surface area contributed by atoms with Crippen molar-refractivity contribution in [3.63, 3.8) is 0 Å². The number of ether oxygens (including phenoxy) is 1. The van der Waals surface area contributed by atoms with Crippen molar-refractivity contribution in [2.45, 2.75) is 43.3 Å². The van der Waals surface area contributed by atoms with Crippen LogP contribution in [0.3, 0.4) is 0 Å². The van der Waals surface area contributed by atoms with Crippen molar-refractivity contribution in [1.82, 2.24) is 9.88 Å². The summed E-state index contributed by atoms with van der Waals surface area (Å²) in [6.45, 7) is 6.49. The zero-order valence-electron chi connectivity index (χ0n) is 17.3.